The fourth-order valence-corrected chi connectivity index (χ4v) is 1.98. The highest BCUT2D eigenvalue weighted by Gasteiger charge is 2.28. The quantitative estimate of drug-likeness (QED) is 0.826. The Balaban J connectivity index is 2.77. The molecule has 0 saturated carbocycles. The van der Waals surface area contributed by atoms with Gasteiger partial charge in [-0.15, -0.1) is 0 Å². The minimum Gasteiger partial charge on any atom is -0.360 e. The van der Waals surface area contributed by atoms with Gasteiger partial charge < -0.3 is 15.2 Å². The predicted octanol–water partition coefficient (Wildman–Crippen LogP) is 1.91. The first-order valence-corrected chi connectivity index (χ1v) is 6.74. The van der Waals surface area contributed by atoms with Crippen molar-refractivity contribution in [3.05, 3.63) is 17.0 Å². The molecule has 108 valence electrons. The molecule has 0 radical (unpaired) electrons. The van der Waals surface area contributed by atoms with Gasteiger partial charge in [-0.2, -0.15) is 0 Å². The SMILES string of the molecule is CCc1onc(C(=O)NC(C)C(C)(C)CNC)c1C. The van der Waals surface area contributed by atoms with Gasteiger partial charge in [0.2, 0.25) is 0 Å². The van der Waals surface area contributed by atoms with Gasteiger partial charge in [0, 0.05) is 24.6 Å². The Bertz CT molecular complexity index is 438. The number of nitrogens with zero attached hydrogens (tertiary/aromatic N) is 1. The van der Waals surface area contributed by atoms with E-state index in [1.165, 1.54) is 0 Å². The molecule has 0 spiro atoms. The molecule has 2 N–H and O–H groups in total. The normalized spacial score (nSPS) is 13.4. The van der Waals surface area contributed by atoms with Crippen LogP contribution in [0.3, 0.4) is 0 Å². The van der Waals surface area contributed by atoms with Crippen LogP contribution in [0.15, 0.2) is 4.52 Å². The third-order valence-electron chi connectivity index (χ3n) is 3.71. The van der Waals surface area contributed by atoms with E-state index in [4.69, 9.17) is 4.52 Å². The average Bonchev–Trinajstić information content (AvgIpc) is 2.70. The monoisotopic (exact) mass is 267 g/mol. The van der Waals surface area contributed by atoms with Crippen LogP contribution in [0, 0.1) is 12.3 Å². The largest absolute Gasteiger partial charge is 0.360 e. The smallest absolute Gasteiger partial charge is 0.273 e. The molecule has 5 heteroatoms. The highest BCUT2D eigenvalue weighted by atomic mass is 16.5. The maximum atomic E-state index is 12.2. The van der Waals surface area contributed by atoms with Gasteiger partial charge in [0.15, 0.2) is 5.69 Å². The molecule has 0 fully saturated rings. The van der Waals surface area contributed by atoms with Crippen LogP contribution in [0.1, 0.15) is 49.5 Å². The summed E-state index contributed by atoms with van der Waals surface area (Å²) in [5.41, 5.74) is 1.19. The highest BCUT2D eigenvalue weighted by Crippen LogP contribution is 2.20. The second-order valence-corrected chi connectivity index (χ2v) is 5.65. The van der Waals surface area contributed by atoms with Crippen LogP contribution in [0.4, 0.5) is 0 Å². The van der Waals surface area contributed by atoms with Gasteiger partial charge in [0.1, 0.15) is 5.76 Å². The summed E-state index contributed by atoms with van der Waals surface area (Å²) in [4.78, 5) is 12.2. The van der Waals surface area contributed by atoms with Crippen molar-refractivity contribution in [1.29, 1.82) is 0 Å². The topological polar surface area (TPSA) is 67.2 Å². The van der Waals surface area contributed by atoms with Crippen LogP contribution in [-0.2, 0) is 6.42 Å². The summed E-state index contributed by atoms with van der Waals surface area (Å²) in [6, 6.07) is 0.0358. The number of carbonyl (C=O) groups is 1. The summed E-state index contributed by atoms with van der Waals surface area (Å²) < 4.78 is 5.16. The Hall–Kier alpha value is -1.36. The lowest BCUT2D eigenvalue weighted by Crippen LogP contribution is -2.47. The van der Waals surface area contributed by atoms with Crippen molar-refractivity contribution in [2.75, 3.05) is 13.6 Å². The van der Waals surface area contributed by atoms with E-state index >= 15 is 0 Å². The van der Waals surface area contributed by atoms with E-state index in [1.54, 1.807) is 0 Å². The van der Waals surface area contributed by atoms with Crippen LogP contribution < -0.4 is 10.6 Å². The zero-order valence-electron chi connectivity index (χ0n) is 12.8. The Labute approximate surface area is 115 Å². The van der Waals surface area contributed by atoms with Crippen LogP contribution in [0.2, 0.25) is 0 Å². The molecule has 0 aliphatic heterocycles. The van der Waals surface area contributed by atoms with E-state index < -0.39 is 0 Å². The van der Waals surface area contributed by atoms with Gasteiger partial charge >= 0.3 is 0 Å². The second-order valence-electron chi connectivity index (χ2n) is 5.65. The molecule has 0 saturated heterocycles. The van der Waals surface area contributed by atoms with E-state index in [9.17, 15) is 4.79 Å². The number of aromatic nitrogens is 1. The molecule has 0 aliphatic carbocycles. The van der Waals surface area contributed by atoms with Gasteiger partial charge in [0.25, 0.3) is 5.91 Å². The maximum absolute atomic E-state index is 12.2. The molecule has 5 nitrogen and oxygen atoms in total. The van der Waals surface area contributed by atoms with E-state index in [0.29, 0.717) is 5.69 Å². The van der Waals surface area contributed by atoms with Crippen molar-refractivity contribution in [2.24, 2.45) is 5.41 Å². The lowest BCUT2D eigenvalue weighted by atomic mass is 9.85. The number of hydrogen-bond donors (Lipinski definition) is 2. The minimum absolute atomic E-state index is 0.0321. The van der Waals surface area contributed by atoms with Gasteiger partial charge in [-0.05, 0) is 26.3 Å². The fourth-order valence-electron chi connectivity index (χ4n) is 1.98. The number of rotatable bonds is 6. The molecule has 19 heavy (non-hydrogen) atoms. The first-order valence-electron chi connectivity index (χ1n) is 6.74. The number of hydrogen-bond acceptors (Lipinski definition) is 4. The van der Waals surface area contributed by atoms with Crippen LogP contribution in [0.5, 0.6) is 0 Å². The molecule has 0 bridgehead atoms. The summed E-state index contributed by atoms with van der Waals surface area (Å²) in [6.07, 6.45) is 0.743. The van der Waals surface area contributed by atoms with Gasteiger partial charge in [0.05, 0.1) is 0 Å². The summed E-state index contributed by atoms with van der Waals surface area (Å²) in [5.74, 6) is 0.602. The lowest BCUT2D eigenvalue weighted by molar-refractivity contribution is 0.0894. The molecule has 1 atom stereocenters. The van der Waals surface area contributed by atoms with Crippen molar-refractivity contribution in [2.45, 2.75) is 47.1 Å². The zero-order valence-corrected chi connectivity index (χ0v) is 12.8. The van der Waals surface area contributed by atoms with Crippen LogP contribution >= 0.6 is 0 Å². The summed E-state index contributed by atoms with van der Waals surface area (Å²) in [6.45, 7) is 10.9. The van der Waals surface area contributed by atoms with Crippen molar-refractivity contribution < 1.29 is 9.32 Å². The molecule has 1 aromatic rings. The van der Waals surface area contributed by atoms with E-state index in [-0.39, 0.29) is 17.4 Å². The predicted molar refractivity (Wildman–Crippen MR) is 75.3 cm³/mol. The summed E-state index contributed by atoms with van der Waals surface area (Å²) in [7, 11) is 1.91. The molecular formula is C14H25N3O2. The second kappa shape index (κ2) is 6.19. The van der Waals surface area contributed by atoms with Crippen LogP contribution in [-0.4, -0.2) is 30.7 Å². The average molecular weight is 267 g/mol. The van der Waals surface area contributed by atoms with E-state index in [0.717, 1.165) is 24.3 Å². The molecule has 0 aromatic carbocycles. The summed E-state index contributed by atoms with van der Waals surface area (Å²) in [5, 5.41) is 10.0. The number of aryl methyl sites for hydroxylation is 1. The molecule has 0 aliphatic rings. The van der Waals surface area contributed by atoms with Crippen molar-refractivity contribution in [3.8, 4) is 0 Å². The third kappa shape index (κ3) is 3.56. The Morgan fingerprint density at radius 2 is 2.11 bits per heavy atom. The Morgan fingerprint density at radius 3 is 2.58 bits per heavy atom. The number of amides is 1. The Morgan fingerprint density at radius 1 is 1.47 bits per heavy atom. The molecule has 1 aromatic heterocycles. The van der Waals surface area contributed by atoms with Crippen molar-refractivity contribution in [1.82, 2.24) is 15.8 Å². The molecule has 1 rings (SSSR count). The van der Waals surface area contributed by atoms with Gasteiger partial charge in [-0.25, -0.2) is 0 Å². The number of nitrogens with one attached hydrogen (secondary N) is 2. The van der Waals surface area contributed by atoms with Crippen molar-refractivity contribution >= 4 is 5.91 Å². The van der Waals surface area contributed by atoms with E-state index in [2.05, 4.69) is 29.6 Å². The third-order valence-corrected chi connectivity index (χ3v) is 3.71. The lowest BCUT2D eigenvalue weighted by Gasteiger charge is -2.32. The fraction of sp³-hybridized carbons (Fsp3) is 0.714. The summed E-state index contributed by atoms with van der Waals surface area (Å²) >= 11 is 0. The zero-order chi connectivity index (χ0) is 14.6. The standard InChI is InChI=1S/C14H25N3O2/c1-7-11-9(2)12(17-19-11)13(18)16-10(3)14(4,5)8-15-6/h10,15H,7-8H2,1-6H3,(H,16,18). The number of carbonyl (C=O) groups excluding carboxylic acids is 1. The first kappa shape index (κ1) is 15.7. The molecule has 1 unspecified atom stereocenters. The van der Waals surface area contributed by atoms with E-state index in [1.807, 2.05) is 27.8 Å². The molecular weight excluding hydrogens is 242 g/mol. The van der Waals surface area contributed by atoms with Gasteiger partial charge in [-0.3, -0.25) is 4.79 Å². The minimum atomic E-state index is -0.169. The highest BCUT2D eigenvalue weighted by molar-refractivity contribution is 5.93. The first-order chi connectivity index (χ1) is 8.83. The Kier molecular flexibility index (Phi) is 5.11. The van der Waals surface area contributed by atoms with Gasteiger partial charge in [-0.1, -0.05) is 25.9 Å². The molecule has 1 amide bonds. The van der Waals surface area contributed by atoms with Crippen LogP contribution in [0.25, 0.3) is 0 Å². The van der Waals surface area contributed by atoms with Crippen molar-refractivity contribution in [3.63, 3.8) is 0 Å². The molecule has 1 heterocycles. The maximum Gasteiger partial charge on any atom is 0.273 e.